The number of anilines is 1. The summed E-state index contributed by atoms with van der Waals surface area (Å²) < 4.78 is 5.56. The van der Waals surface area contributed by atoms with E-state index in [0.29, 0.717) is 5.92 Å². The van der Waals surface area contributed by atoms with Gasteiger partial charge in [-0.1, -0.05) is 18.2 Å². The van der Waals surface area contributed by atoms with Crippen LogP contribution in [0.2, 0.25) is 0 Å². The van der Waals surface area contributed by atoms with Crippen LogP contribution in [0.5, 0.6) is 5.75 Å². The molecule has 1 N–H and O–H groups in total. The summed E-state index contributed by atoms with van der Waals surface area (Å²) in [7, 11) is 1.74. The van der Waals surface area contributed by atoms with Gasteiger partial charge in [-0.25, -0.2) is 9.97 Å². The molecule has 0 saturated carbocycles. The van der Waals surface area contributed by atoms with E-state index in [-0.39, 0.29) is 0 Å². The average molecular weight is 419 g/mol. The number of rotatable bonds is 6. The molecule has 31 heavy (non-hydrogen) atoms. The predicted octanol–water partition coefficient (Wildman–Crippen LogP) is 3.86. The summed E-state index contributed by atoms with van der Waals surface area (Å²) in [5.41, 5.74) is 4.49. The van der Waals surface area contributed by atoms with Gasteiger partial charge in [-0.3, -0.25) is 10.00 Å². The lowest BCUT2D eigenvalue weighted by atomic mass is 9.91. The van der Waals surface area contributed by atoms with E-state index in [1.54, 1.807) is 7.11 Å². The fourth-order valence-electron chi connectivity index (χ4n) is 4.89. The van der Waals surface area contributed by atoms with Crippen molar-refractivity contribution in [3.8, 4) is 17.0 Å². The van der Waals surface area contributed by atoms with E-state index in [0.717, 1.165) is 62.1 Å². The van der Waals surface area contributed by atoms with Gasteiger partial charge in [0.15, 0.2) is 0 Å². The van der Waals surface area contributed by atoms with Crippen LogP contribution in [0.3, 0.4) is 0 Å². The zero-order chi connectivity index (χ0) is 21.0. The lowest BCUT2D eigenvalue weighted by Crippen LogP contribution is -2.34. The largest absolute Gasteiger partial charge is 0.496 e. The first-order valence-electron chi connectivity index (χ1n) is 11.3. The van der Waals surface area contributed by atoms with Gasteiger partial charge >= 0.3 is 0 Å². The van der Waals surface area contributed by atoms with Crippen LogP contribution in [0.4, 0.5) is 5.95 Å². The molecule has 0 aliphatic carbocycles. The van der Waals surface area contributed by atoms with Crippen LogP contribution in [-0.2, 0) is 6.54 Å². The van der Waals surface area contributed by atoms with Gasteiger partial charge in [0.25, 0.3) is 0 Å². The predicted molar refractivity (Wildman–Crippen MR) is 121 cm³/mol. The van der Waals surface area contributed by atoms with E-state index in [2.05, 4.69) is 37.1 Å². The van der Waals surface area contributed by atoms with Crippen molar-refractivity contribution in [2.45, 2.75) is 38.1 Å². The maximum absolute atomic E-state index is 5.56. The maximum Gasteiger partial charge on any atom is 0.225 e. The zero-order valence-corrected chi connectivity index (χ0v) is 18.1. The summed E-state index contributed by atoms with van der Waals surface area (Å²) in [6.45, 7) is 5.09. The number of nitrogens with zero attached hydrogens (tertiary/aromatic N) is 5. The number of nitrogens with one attached hydrogen (secondary N) is 1. The Kier molecular flexibility index (Phi) is 5.84. The number of methoxy groups -OCH3 is 1. The van der Waals surface area contributed by atoms with Crippen LogP contribution in [0.15, 0.2) is 42.7 Å². The molecule has 2 aromatic heterocycles. The van der Waals surface area contributed by atoms with Crippen LogP contribution in [0, 0.1) is 0 Å². The number of piperidine rings is 1. The molecular weight excluding hydrogens is 388 g/mol. The normalized spacial score (nSPS) is 19.6. The third-order valence-corrected chi connectivity index (χ3v) is 6.48. The van der Waals surface area contributed by atoms with Gasteiger partial charge in [0.05, 0.1) is 19.0 Å². The third kappa shape index (κ3) is 4.28. The second-order valence-electron chi connectivity index (χ2n) is 8.52. The van der Waals surface area contributed by atoms with Crippen molar-refractivity contribution in [1.82, 2.24) is 25.1 Å². The SMILES string of the molecule is COc1ccccc1CN1CCCC(c2[nH]ncc2-c2ccnc(N3CCCC3)n2)C1. The molecule has 162 valence electrons. The summed E-state index contributed by atoms with van der Waals surface area (Å²) >= 11 is 0. The molecule has 7 heteroatoms. The van der Waals surface area contributed by atoms with Crippen LogP contribution in [-0.4, -0.2) is 58.4 Å². The molecule has 0 spiro atoms. The highest BCUT2D eigenvalue weighted by Crippen LogP contribution is 2.34. The Morgan fingerprint density at radius 3 is 2.84 bits per heavy atom. The van der Waals surface area contributed by atoms with E-state index in [4.69, 9.17) is 9.72 Å². The molecule has 0 bridgehead atoms. The van der Waals surface area contributed by atoms with E-state index in [9.17, 15) is 0 Å². The summed E-state index contributed by atoms with van der Waals surface area (Å²) in [4.78, 5) is 14.2. The monoisotopic (exact) mass is 418 g/mol. The Morgan fingerprint density at radius 2 is 1.97 bits per heavy atom. The Hall–Kier alpha value is -2.93. The number of hydrogen-bond acceptors (Lipinski definition) is 6. The first-order valence-corrected chi connectivity index (χ1v) is 11.3. The number of hydrogen-bond donors (Lipinski definition) is 1. The Balaban J connectivity index is 1.35. The molecule has 7 nitrogen and oxygen atoms in total. The fraction of sp³-hybridized carbons (Fsp3) is 0.458. The lowest BCUT2D eigenvalue weighted by Gasteiger charge is -2.33. The molecule has 4 heterocycles. The van der Waals surface area contributed by atoms with Crippen molar-refractivity contribution in [1.29, 1.82) is 0 Å². The number of para-hydroxylation sites is 1. The smallest absolute Gasteiger partial charge is 0.225 e. The van der Waals surface area contributed by atoms with Crippen LogP contribution >= 0.6 is 0 Å². The van der Waals surface area contributed by atoms with Gasteiger partial charge in [0.1, 0.15) is 5.75 Å². The highest BCUT2D eigenvalue weighted by atomic mass is 16.5. The van der Waals surface area contributed by atoms with Gasteiger partial charge in [0.2, 0.25) is 5.95 Å². The minimum absolute atomic E-state index is 0.408. The summed E-state index contributed by atoms with van der Waals surface area (Å²) in [6, 6.07) is 10.3. The molecule has 1 unspecified atom stereocenters. The Morgan fingerprint density at radius 1 is 1.10 bits per heavy atom. The number of ether oxygens (including phenoxy) is 1. The number of likely N-dealkylation sites (tertiary alicyclic amines) is 1. The molecule has 5 rings (SSSR count). The van der Waals surface area contributed by atoms with Crippen molar-refractivity contribution in [3.63, 3.8) is 0 Å². The molecule has 1 atom stereocenters. The van der Waals surface area contributed by atoms with E-state index < -0.39 is 0 Å². The van der Waals surface area contributed by atoms with Crippen molar-refractivity contribution in [3.05, 3.63) is 54.0 Å². The number of aromatic amines is 1. The highest BCUT2D eigenvalue weighted by Gasteiger charge is 2.26. The van der Waals surface area contributed by atoms with E-state index >= 15 is 0 Å². The van der Waals surface area contributed by atoms with Crippen molar-refractivity contribution < 1.29 is 4.74 Å². The summed E-state index contributed by atoms with van der Waals surface area (Å²) in [5, 5.41) is 7.69. The summed E-state index contributed by atoms with van der Waals surface area (Å²) in [5.74, 6) is 2.21. The quantitative estimate of drug-likeness (QED) is 0.656. The zero-order valence-electron chi connectivity index (χ0n) is 18.1. The third-order valence-electron chi connectivity index (χ3n) is 6.48. The standard InChI is InChI=1S/C24H30N6O/c1-31-22-9-3-2-7-18(22)16-29-12-6-8-19(17-29)23-20(15-26-28-23)21-10-11-25-24(27-21)30-13-4-5-14-30/h2-3,7,9-11,15,19H,4-6,8,12-14,16-17H2,1H3,(H,26,28). The number of benzene rings is 1. The molecule has 2 aliphatic rings. The molecule has 1 aromatic carbocycles. The van der Waals surface area contributed by atoms with Gasteiger partial charge in [0, 0.05) is 55.1 Å². The minimum Gasteiger partial charge on any atom is -0.496 e. The van der Waals surface area contributed by atoms with E-state index in [1.807, 2.05) is 30.6 Å². The van der Waals surface area contributed by atoms with Crippen LogP contribution in [0.1, 0.15) is 42.9 Å². The molecule has 0 radical (unpaired) electrons. The molecular formula is C24H30N6O. The molecule has 0 amide bonds. The molecule has 2 aliphatic heterocycles. The highest BCUT2D eigenvalue weighted by molar-refractivity contribution is 5.63. The number of aromatic nitrogens is 4. The van der Waals surface area contributed by atoms with Gasteiger partial charge in [-0.2, -0.15) is 5.10 Å². The van der Waals surface area contributed by atoms with Gasteiger partial charge in [-0.15, -0.1) is 0 Å². The van der Waals surface area contributed by atoms with Gasteiger partial charge < -0.3 is 9.64 Å². The lowest BCUT2D eigenvalue weighted by molar-refractivity contribution is 0.196. The minimum atomic E-state index is 0.408. The summed E-state index contributed by atoms with van der Waals surface area (Å²) in [6.07, 6.45) is 8.55. The Bertz CT molecular complexity index is 1010. The molecule has 3 aromatic rings. The van der Waals surface area contributed by atoms with Gasteiger partial charge in [-0.05, 0) is 44.4 Å². The van der Waals surface area contributed by atoms with Crippen molar-refractivity contribution >= 4 is 5.95 Å². The van der Waals surface area contributed by atoms with E-state index in [1.165, 1.54) is 30.5 Å². The maximum atomic E-state index is 5.56. The first-order chi connectivity index (χ1) is 15.3. The molecule has 2 saturated heterocycles. The average Bonchev–Trinajstić information content (AvgIpc) is 3.52. The topological polar surface area (TPSA) is 70.2 Å². The second kappa shape index (κ2) is 9.06. The first kappa shape index (κ1) is 20.0. The number of H-pyrrole nitrogens is 1. The Labute approximate surface area is 183 Å². The second-order valence-corrected chi connectivity index (χ2v) is 8.52. The molecule has 2 fully saturated rings. The fourth-order valence-corrected chi connectivity index (χ4v) is 4.89. The van der Waals surface area contributed by atoms with Crippen molar-refractivity contribution in [2.75, 3.05) is 38.2 Å². The van der Waals surface area contributed by atoms with Crippen LogP contribution in [0.25, 0.3) is 11.3 Å². The van der Waals surface area contributed by atoms with Crippen LogP contribution < -0.4 is 9.64 Å². The van der Waals surface area contributed by atoms with Crippen molar-refractivity contribution in [2.24, 2.45) is 0 Å².